The van der Waals surface area contributed by atoms with Crippen LogP contribution in [0.15, 0.2) is 24.3 Å². The summed E-state index contributed by atoms with van der Waals surface area (Å²) < 4.78 is 13.8. The molecule has 1 aromatic rings. The summed E-state index contributed by atoms with van der Waals surface area (Å²) in [5, 5.41) is 8.76. The number of carbonyl (C=O) groups is 2. The summed E-state index contributed by atoms with van der Waals surface area (Å²) in [6, 6.07) is 5.98. The van der Waals surface area contributed by atoms with E-state index >= 15 is 0 Å². The first-order valence-corrected chi connectivity index (χ1v) is 10.2. The van der Waals surface area contributed by atoms with Crippen molar-refractivity contribution in [2.24, 2.45) is 5.41 Å². The highest BCUT2D eigenvalue weighted by atomic mass is 32.2. The summed E-state index contributed by atoms with van der Waals surface area (Å²) in [6.07, 6.45) is 2.40. The quantitative estimate of drug-likeness (QED) is 0.725. The second-order valence-electron chi connectivity index (χ2n) is 7.46. The predicted molar refractivity (Wildman–Crippen MR) is 102 cm³/mol. The van der Waals surface area contributed by atoms with Crippen LogP contribution in [0.1, 0.15) is 25.3 Å². The second kappa shape index (κ2) is 8.39. The van der Waals surface area contributed by atoms with Gasteiger partial charge >= 0.3 is 0 Å². The maximum absolute atomic E-state index is 13.8. The Morgan fingerprint density at radius 1 is 1.35 bits per heavy atom. The molecule has 26 heavy (non-hydrogen) atoms. The first-order chi connectivity index (χ1) is 12.5. The molecular weight excluding hydrogens is 353 g/mol. The third kappa shape index (κ3) is 4.76. The van der Waals surface area contributed by atoms with Gasteiger partial charge in [-0.05, 0) is 49.4 Å². The van der Waals surface area contributed by atoms with Crippen LogP contribution in [-0.2, 0) is 16.0 Å². The van der Waals surface area contributed by atoms with Crippen molar-refractivity contribution >= 4 is 23.6 Å². The molecule has 5 nitrogen and oxygen atoms in total. The molecule has 2 heterocycles. The van der Waals surface area contributed by atoms with Gasteiger partial charge in [0.1, 0.15) is 11.9 Å². The van der Waals surface area contributed by atoms with Crippen molar-refractivity contribution in [2.45, 2.75) is 37.5 Å². The van der Waals surface area contributed by atoms with Crippen molar-refractivity contribution in [1.82, 2.24) is 16.0 Å². The van der Waals surface area contributed by atoms with Gasteiger partial charge in [0, 0.05) is 12.3 Å². The Morgan fingerprint density at radius 3 is 2.77 bits per heavy atom. The van der Waals surface area contributed by atoms with Crippen LogP contribution in [-0.4, -0.2) is 48.5 Å². The van der Waals surface area contributed by atoms with E-state index in [9.17, 15) is 14.0 Å². The van der Waals surface area contributed by atoms with E-state index in [2.05, 4.69) is 22.9 Å². The molecule has 2 saturated heterocycles. The first-order valence-electron chi connectivity index (χ1n) is 9.11. The van der Waals surface area contributed by atoms with E-state index in [0.717, 1.165) is 25.9 Å². The van der Waals surface area contributed by atoms with Gasteiger partial charge in [-0.3, -0.25) is 9.59 Å². The molecule has 0 radical (unpaired) electrons. The van der Waals surface area contributed by atoms with Crippen LogP contribution in [0, 0.1) is 11.2 Å². The van der Waals surface area contributed by atoms with E-state index in [-0.39, 0.29) is 28.3 Å². The molecule has 7 heteroatoms. The molecule has 2 atom stereocenters. The monoisotopic (exact) mass is 379 g/mol. The number of amides is 2. The predicted octanol–water partition coefficient (Wildman–Crippen LogP) is 1.47. The Labute approximate surface area is 157 Å². The van der Waals surface area contributed by atoms with Gasteiger partial charge in [0.2, 0.25) is 11.8 Å². The van der Waals surface area contributed by atoms with Gasteiger partial charge in [-0.1, -0.05) is 25.1 Å². The summed E-state index contributed by atoms with van der Waals surface area (Å²) in [5.41, 5.74) is 0.641. The van der Waals surface area contributed by atoms with Gasteiger partial charge in [0.25, 0.3) is 0 Å². The van der Waals surface area contributed by atoms with E-state index in [4.69, 9.17) is 0 Å². The Balaban J connectivity index is 1.49. The minimum absolute atomic E-state index is 0.111. The number of thioether (sulfide) groups is 1. The maximum atomic E-state index is 13.8. The largest absolute Gasteiger partial charge is 0.354 e. The van der Waals surface area contributed by atoms with Crippen molar-refractivity contribution in [3.05, 3.63) is 35.6 Å². The molecule has 2 unspecified atom stereocenters. The number of halogens is 1. The number of benzene rings is 1. The molecular formula is C19H26FN3O2S. The van der Waals surface area contributed by atoms with Gasteiger partial charge in [-0.15, -0.1) is 11.8 Å². The second-order valence-corrected chi connectivity index (χ2v) is 8.69. The van der Waals surface area contributed by atoms with E-state index in [0.29, 0.717) is 24.3 Å². The molecule has 0 spiro atoms. The van der Waals surface area contributed by atoms with Crippen LogP contribution in [0.4, 0.5) is 4.39 Å². The van der Waals surface area contributed by atoms with Crippen molar-refractivity contribution in [2.75, 3.05) is 25.4 Å². The fourth-order valence-corrected chi connectivity index (χ4v) is 4.56. The van der Waals surface area contributed by atoms with E-state index in [1.54, 1.807) is 18.2 Å². The van der Waals surface area contributed by atoms with Crippen LogP contribution >= 0.6 is 11.8 Å². The minimum atomic E-state index is -0.519. The zero-order valence-corrected chi connectivity index (χ0v) is 15.8. The standard InChI is InChI=1S/C19H26FN3O2S/c1-19(6-8-21-9-7-19)12-22-17(24)15-11-26-16(18(25)23-15)10-13-4-2-3-5-14(13)20/h2-5,15-16,21H,6-12H2,1H3,(H,22,24)(H,23,25). The number of hydrogen-bond donors (Lipinski definition) is 3. The molecule has 3 rings (SSSR count). The van der Waals surface area contributed by atoms with Crippen LogP contribution in [0.25, 0.3) is 0 Å². The number of rotatable bonds is 5. The highest BCUT2D eigenvalue weighted by Gasteiger charge is 2.34. The van der Waals surface area contributed by atoms with Gasteiger partial charge in [-0.25, -0.2) is 4.39 Å². The summed E-state index contributed by atoms with van der Waals surface area (Å²) in [6.45, 7) is 4.76. The van der Waals surface area contributed by atoms with Gasteiger partial charge in [0.05, 0.1) is 5.25 Å². The van der Waals surface area contributed by atoms with Crippen LogP contribution in [0.5, 0.6) is 0 Å². The Hall–Kier alpha value is -1.60. The van der Waals surface area contributed by atoms with E-state index in [1.165, 1.54) is 17.8 Å². The third-order valence-electron chi connectivity index (χ3n) is 5.25. The highest BCUT2D eigenvalue weighted by molar-refractivity contribution is 8.00. The smallest absolute Gasteiger partial charge is 0.243 e. The molecule has 0 aliphatic carbocycles. The lowest BCUT2D eigenvalue weighted by Crippen LogP contribution is -2.56. The lowest BCUT2D eigenvalue weighted by atomic mass is 9.81. The topological polar surface area (TPSA) is 70.2 Å². The third-order valence-corrected chi connectivity index (χ3v) is 6.56. The summed E-state index contributed by atoms with van der Waals surface area (Å²) >= 11 is 1.42. The lowest BCUT2D eigenvalue weighted by Gasteiger charge is -2.35. The van der Waals surface area contributed by atoms with Crippen molar-refractivity contribution in [3.63, 3.8) is 0 Å². The summed E-state index contributed by atoms with van der Waals surface area (Å²) in [7, 11) is 0. The van der Waals surface area contributed by atoms with Gasteiger partial charge < -0.3 is 16.0 Å². The number of nitrogens with one attached hydrogen (secondary N) is 3. The Kier molecular flexibility index (Phi) is 6.19. The molecule has 3 N–H and O–H groups in total. The Bertz CT molecular complexity index is 664. The molecule has 2 fully saturated rings. The zero-order valence-electron chi connectivity index (χ0n) is 15.0. The van der Waals surface area contributed by atoms with Gasteiger partial charge in [0.15, 0.2) is 0 Å². The fraction of sp³-hybridized carbons (Fsp3) is 0.579. The summed E-state index contributed by atoms with van der Waals surface area (Å²) in [5.74, 6) is -0.113. The van der Waals surface area contributed by atoms with Crippen molar-refractivity contribution in [1.29, 1.82) is 0 Å². The van der Waals surface area contributed by atoms with Gasteiger partial charge in [-0.2, -0.15) is 0 Å². The number of carbonyl (C=O) groups excluding carboxylic acids is 2. The fourth-order valence-electron chi connectivity index (χ4n) is 3.38. The zero-order chi connectivity index (χ0) is 18.6. The minimum Gasteiger partial charge on any atom is -0.354 e. The average molecular weight is 380 g/mol. The summed E-state index contributed by atoms with van der Waals surface area (Å²) in [4.78, 5) is 24.8. The molecule has 2 aliphatic rings. The lowest BCUT2D eigenvalue weighted by molar-refractivity contribution is -0.128. The number of hydrogen-bond acceptors (Lipinski definition) is 4. The van der Waals surface area contributed by atoms with Crippen LogP contribution in [0.3, 0.4) is 0 Å². The molecule has 2 aliphatic heterocycles. The highest BCUT2D eigenvalue weighted by Crippen LogP contribution is 2.27. The molecule has 0 saturated carbocycles. The van der Waals surface area contributed by atoms with E-state index in [1.807, 2.05) is 0 Å². The van der Waals surface area contributed by atoms with E-state index < -0.39 is 6.04 Å². The molecule has 0 aromatic heterocycles. The molecule has 0 bridgehead atoms. The number of piperidine rings is 1. The molecule has 1 aromatic carbocycles. The van der Waals surface area contributed by atoms with Crippen LogP contribution in [0.2, 0.25) is 0 Å². The normalized spacial score (nSPS) is 25.4. The average Bonchev–Trinajstić information content (AvgIpc) is 2.64. The Morgan fingerprint density at radius 2 is 2.08 bits per heavy atom. The van der Waals surface area contributed by atoms with Crippen molar-refractivity contribution < 1.29 is 14.0 Å². The van der Waals surface area contributed by atoms with Crippen LogP contribution < -0.4 is 16.0 Å². The maximum Gasteiger partial charge on any atom is 0.243 e. The SMILES string of the molecule is CC1(CNC(=O)C2CSC(Cc3ccccc3F)C(=O)N2)CCNCC1. The molecule has 142 valence electrons. The molecule has 2 amide bonds. The first kappa shape index (κ1) is 19.2. The van der Waals surface area contributed by atoms with Crippen molar-refractivity contribution in [3.8, 4) is 0 Å².